The van der Waals surface area contributed by atoms with Gasteiger partial charge in [0.15, 0.2) is 0 Å². The van der Waals surface area contributed by atoms with Crippen molar-refractivity contribution in [3.63, 3.8) is 0 Å². The van der Waals surface area contributed by atoms with Crippen LogP contribution in [0.5, 0.6) is 0 Å². The number of allylic oxidation sites excluding steroid dienone is 1. The third-order valence-electron chi connectivity index (χ3n) is 4.49. The lowest BCUT2D eigenvalue weighted by molar-refractivity contribution is 0.0951. The van der Waals surface area contributed by atoms with E-state index in [-0.39, 0.29) is 5.91 Å². The number of nitrogens with zero attached hydrogens (tertiary/aromatic N) is 2. The van der Waals surface area contributed by atoms with Crippen LogP contribution in [0.1, 0.15) is 55.6 Å². The highest BCUT2D eigenvalue weighted by molar-refractivity contribution is 5.92. The Morgan fingerprint density at radius 1 is 1.52 bits per heavy atom. The van der Waals surface area contributed by atoms with E-state index in [0.29, 0.717) is 24.3 Å². The van der Waals surface area contributed by atoms with E-state index in [1.54, 1.807) is 6.07 Å². The molecule has 3 rings (SSSR count). The molecular weight excluding hydrogens is 288 g/mol. The predicted molar refractivity (Wildman–Crippen MR) is 91.4 cm³/mol. The fourth-order valence-corrected chi connectivity index (χ4v) is 3.08. The second-order valence-corrected chi connectivity index (χ2v) is 6.42. The number of hydrogen-bond donors (Lipinski definition) is 2. The zero-order valence-corrected chi connectivity index (χ0v) is 13.8. The van der Waals surface area contributed by atoms with Crippen molar-refractivity contribution in [1.82, 2.24) is 20.4 Å². The van der Waals surface area contributed by atoms with Gasteiger partial charge in [-0.25, -0.2) is 0 Å². The molecule has 0 unspecified atom stereocenters. The molecule has 2 N–H and O–H groups in total. The van der Waals surface area contributed by atoms with E-state index in [2.05, 4.69) is 35.3 Å². The lowest BCUT2D eigenvalue weighted by Gasteiger charge is -2.18. The average molecular weight is 314 g/mol. The number of rotatable bonds is 7. The van der Waals surface area contributed by atoms with E-state index in [0.717, 1.165) is 25.0 Å². The van der Waals surface area contributed by atoms with Crippen LogP contribution in [0.2, 0.25) is 0 Å². The Labute approximate surface area is 137 Å². The van der Waals surface area contributed by atoms with Crippen LogP contribution in [0.3, 0.4) is 0 Å². The van der Waals surface area contributed by atoms with E-state index in [4.69, 9.17) is 0 Å². The molecule has 1 atom stereocenters. The summed E-state index contributed by atoms with van der Waals surface area (Å²) in [6.45, 7) is 7.84. The summed E-state index contributed by atoms with van der Waals surface area (Å²) in [6, 6.07) is 2.67. The molecule has 1 aliphatic heterocycles. The maximum absolute atomic E-state index is 12.2. The molecule has 5 heteroatoms. The maximum atomic E-state index is 12.2. The van der Waals surface area contributed by atoms with Gasteiger partial charge in [0, 0.05) is 18.8 Å². The number of amides is 1. The normalized spacial score (nSPS) is 21.4. The summed E-state index contributed by atoms with van der Waals surface area (Å²) in [5, 5.41) is 10.8. The van der Waals surface area contributed by atoms with Gasteiger partial charge in [-0.1, -0.05) is 19.6 Å². The number of carbonyl (C=O) groups is 1. The van der Waals surface area contributed by atoms with Crippen LogP contribution in [-0.2, 0) is 0 Å². The van der Waals surface area contributed by atoms with E-state index in [1.807, 2.05) is 10.9 Å². The van der Waals surface area contributed by atoms with Crippen molar-refractivity contribution in [1.29, 1.82) is 0 Å². The molecule has 0 spiro atoms. The zero-order chi connectivity index (χ0) is 16.2. The van der Waals surface area contributed by atoms with Gasteiger partial charge in [-0.2, -0.15) is 5.10 Å². The molecular formula is C18H26N4O. The molecule has 1 saturated carbocycles. The van der Waals surface area contributed by atoms with Crippen molar-refractivity contribution in [2.45, 2.75) is 51.1 Å². The van der Waals surface area contributed by atoms with Gasteiger partial charge < -0.3 is 10.6 Å². The molecule has 1 aromatic rings. The van der Waals surface area contributed by atoms with Crippen molar-refractivity contribution in [3.8, 4) is 0 Å². The summed E-state index contributed by atoms with van der Waals surface area (Å²) in [6.07, 6.45) is 9.77. The molecule has 0 bridgehead atoms. The molecule has 5 nitrogen and oxygen atoms in total. The molecule has 1 aliphatic carbocycles. The second-order valence-electron chi connectivity index (χ2n) is 6.42. The fourth-order valence-electron chi connectivity index (χ4n) is 3.08. The van der Waals surface area contributed by atoms with Crippen LogP contribution in [0.15, 0.2) is 36.1 Å². The SMILES string of the molecule is C=C(CNC(=O)c1ccn(C2CC2)n1)/C(=C\CC)[C@@H]1CCCN1. The summed E-state index contributed by atoms with van der Waals surface area (Å²) < 4.78 is 1.90. The Kier molecular flexibility index (Phi) is 4.96. The number of nitrogens with one attached hydrogen (secondary N) is 2. The Balaban J connectivity index is 1.55. The zero-order valence-electron chi connectivity index (χ0n) is 13.8. The monoisotopic (exact) mass is 314 g/mol. The molecule has 124 valence electrons. The lowest BCUT2D eigenvalue weighted by atomic mass is 9.97. The van der Waals surface area contributed by atoms with Gasteiger partial charge >= 0.3 is 0 Å². The first-order chi connectivity index (χ1) is 11.2. The van der Waals surface area contributed by atoms with Crippen molar-refractivity contribution >= 4 is 5.91 Å². The van der Waals surface area contributed by atoms with Crippen molar-refractivity contribution < 1.29 is 4.79 Å². The minimum Gasteiger partial charge on any atom is -0.347 e. The van der Waals surface area contributed by atoms with E-state index in [9.17, 15) is 4.79 Å². The topological polar surface area (TPSA) is 59.0 Å². The quantitative estimate of drug-likeness (QED) is 0.761. The molecule has 0 aromatic carbocycles. The first-order valence-electron chi connectivity index (χ1n) is 8.64. The minimum absolute atomic E-state index is 0.124. The lowest BCUT2D eigenvalue weighted by Crippen LogP contribution is -2.30. The average Bonchev–Trinajstić information content (AvgIpc) is 3.06. The van der Waals surface area contributed by atoms with Crippen LogP contribution in [0.25, 0.3) is 0 Å². The first kappa shape index (κ1) is 16.0. The summed E-state index contributed by atoms with van der Waals surface area (Å²) in [7, 11) is 0. The second kappa shape index (κ2) is 7.13. The Hall–Kier alpha value is -1.88. The van der Waals surface area contributed by atoms with Gasteiger partial charge in [-0.15, -0.1) is 0 Å². The highest BCUT2D eigenvalue weighted by Crippen LogP contribution is 2.33. The molecule has 1 aromatic heterocycles. The summed E-state index contributed by atoms with van der Waals surface area (Å²) in [5.41, 5.74) is 2.72. The molecule has 2 aliphatic rings. The molecule has 1 saturated heterocycles. The number of hydrogen-bond acceptors (Lipinski definition) is 3. The van der Waals surface area contributed by atoms with Gasteiger partial charge in [0.25, 0.3) is 5.91 Å². The maximum Gasteiger partial charge on any atom is 0.272 e. The van der Waals surface area contributed by atoms with Crippen LogP contribution in [-0.4, -0.2) is 34.8 Å². The molecule has 2 heterocycles. The van der Waals surface area contributed by atoms with Gasteiger partial charge in [-0.05, 0) is 55.9 Å². The van der Waals surface area contributed by atoms with Crippen molar-refractivity contribution in [2.24, 2.45) is 0 Å². The third-order valence-corrected chi connectivity index (χ3v) is 4.49. The van der Waals surface area contributed by atoms with Gasteiger partial charge in [0.2, 0.25) is 0 Å². The highest BCUT2D eigenvalue weighted by atomic mass is 16.1. The van der Waals surface area contributed by atoms with E-state index >= 15 is 0 Å². The summed E-state index contributed by atoms with van der Waals surface area (Å²) in [5.74, 6) is -0.124. The molecule has 0 radical (unpaired) electrons. The van der Waals surface area contributed by atoms with Crippen LogP contribution in [0.4, 0.5) is 0 Å². The van der Waals surface area contributed by atoms with E-state index in [1.165, 1.54) is 24.8 Å². The predicted octanol–water partition coefficient (Wildman–Crippen LogP) is 2.59. The van der Waals surface area contributed by atoms with Crippen molar-refractivity contribution in [2.75, 3.05) is 13.1 Å². The molecule has 23 heavy (non-hydrogen) atoms. The Morgan fingerprint density at radius 2 is 2.35 bits per heavy atom. The number of aromatic nitrogens is 2. The smallest absolute Gasteiger partial charge is 0.272 e. The third kappa shape index (κ3) is 3.91. The highest BCUT2D eigenvalue weighted by Gasteiger charge is 2.25. The molecule has 2 fully saturated rings. The Bertz CT molecular complexity index is 606. The van der Waals surface area contributed by atoms with Gasteiger partial charge in [0.1, 0.15) is 5.69 Å². The van der Waals surface area contributed by atoms with Gasteiger partial charge in [-0.3, -0.25) is 9.48 Å². The van der Waals surface area contributed by atoms with Gasteiger partial charge in [0.05, 0.1) is 6.04 Å². The van der Waals surface area contributed by atoms with Crippen molar-refractivity contribution in [3.05, 3.63) is 41.8 Å². The standard InChI is InChI=1S/C18H26N4O/c1-3-5-15(16-6-4-10-19-16)13(2)12-20-18(23)17-9-11-22(21-17)14-7-8-14/h5,9,11,14,16,19H,2-4,6-8,10,12H2,1H3,(H,20,23)/b15-5+/t16-/m0/s1. The van der Waals surface area contributed by atoms with E-state index < -0.39 is 0 Å². The molecule has 1 amide bonds. The minimum atomic E-state index is -0.124. The van der Waals surface area contributed by atoms with Crippen LogP contribution in [0, 0.1) is 0 Å². The van der Waals surface area contributed by atoms with Crippen LogP contribution < -0.4 is 10.6 Å². The Morgan fingerprint density at radius 3 is 3.00 bits per heavy atom. The largest absolute Gasteiger partial charge is 0.347 e. The first-order valence-corrected chi connectivity index (χ1v) is 8.64. The fraction of sp³-hybridized carbons (Fsp3) is 0.556. The van der Waals surface area contributed by atoms with Crippen LogP contribution >= 0.6 is 0 Å². The summed E-state index contributed by atoms with van der Waals surface area (Å²) >= 11 is 0. The number of carbonyl (C=O) groups excluding carboxylic acids is 1. The summed E-state index contributed by atoms with van der Waals surface area (Å²) in [4.78, 5) is 12.2.